The standard InChI is InChI=1S/C28H23NO/c1-28(2)26-17-20(19-30)13-15-24(26)25-16-14-23(18-27(25)28)29(21-9-5-3-6-10-21)22-11-7-4-8-12-22/h3-19H,1-2H3. The predicted octanol–water partition coefficient (Wildman–Crippen LogP) is 7.28. The summed E-state index contributed by atoms with van der Waals surface area (Å²) in [6.07, 6.45) is 0.928. The first-order valence-electron chi connectivity index (χ1n) is 10.2. The Morgan fingerprint density at radius 1 is 0.633 bits per heavy atom. The minimum atomic E-state index is -0.168. The van der Waals surface area contributed by atoms with E-state index in [4.69, 9.17) is 0 Å². The van der Waals surface area contributed by atoms with Crippen molar-refractivity contribution >= 4 is 23.3 Å². The van der Waals surface area contributed by atoms with Crippen LogP contribution in [0.25, 0.3) is 11.1 Å². The van der Waals surface area contributed by atoms with Crippen molar-refractivity contribution in [2.24, 2.45) is 0 Å². The number of hydrogen-bond donors (Lipinski definition) is 0. The number of carbonyl (C=O) groups excluding carboxylic acids is 1. The van der Waals surface area contributed by atoms with Gasteiger partial charge in [0.15, 0.2) is 0 Å². The zero-order chi connectivity index (χ0) is 20.7. The summed E-state index contributed by atoms with van der Waals surface area (Å²) in [5.74, 6) is 0. The minimum Gasteiger partial charge on any atom is -0.310 e. The number of fused-ring (bicyclic) bond motifs is 3. The third-order valence-corrected chi connectivity index (χ3v) is 6.11. The number of anilines is 3. The lowest BCUT2D eigenvalue weighted by molar-refractivity contribution is 0.112. The fourth-order valence-corrected chi connectivity index (χ4v) is 4.56. The minimum absolute atomic E-state index is 0.168. The zero-order valence-corrected chi connectivity index (χ0v) is 17.2. The topological polar surface area (TPSA) is 20.3 Å². The van der Waals surface area contributed by atoms with Gasteiger partial charge in [-0.2, -0.15) is 0 Å². The molecule has 5 rings (SSSR count). The first kappa shape index (κ1) is 18.4. The number of para-hydroxylation sites is 2. The Morgan fingerprint density at radius 3 is 1.73 bits per heavy atom. The molecular weight excluding hydrogens is 366 g/mol. The number of hydrogen-bond acceptors (Lipinski definition) is 2. The van der Waals surface area contributed by atoms with Crippen LogP contribution >= 0.6 is 0 Å². The van der Waals surface area contributed by atoms with Crippen LogP contribution in [0, 0.1) is 0 Å². The van der Waals surface area contributed by atoms with E-state index in [9.17, 15) is 4.79 Å². The van der Waals surface area contributed by atoms with Crippen LogP contribution in [0.15, 0.2) is 97.1 Å². The summed E-state index contributed by atoms with van der Waals surface area (Å²) in [4.78, 5) is 13.6. The lowest BCUT2D eigenvalue weighted by Crippen LogP contribution is -2.16. The second kappa shape index (κ2) is 7.00. The third-order valence-electron chi connectivity index (χ3n) is 6.11. The van der Waals surface area contributed by atoms with Crippen molar-refractivity contribution in [3.05, 3.63) is 114 Å². The summed E-state index contributed by atoms with van der Waals surface area (Å²) in [7, 11) is 0. The fourth-order valence-electron chi connectivity index (χ4n) is 4.56. The molecule has 0 N–H and O–H groups in total. The maximum Gasteiger partial charge on any atom is 0.150 e. The third kappa shape index (κ3) is 2.84. The molecule has 0 aromatic heterocycles. The molecule has 0 atom stereocenters. The Balaban J connectivity index is 1.69. The molecule has 0 unspecified atom stereocenters. The SMILES string of the molecule is CC1(C)c2cc(C=O)ccc2-c2ccc(N(c3ccccc3)c3ccccc3)cc21. The van der Waals surface area contributed by atoms with Crippen LogP contribution in [0.1, 0.15) is 35.3 Å². The average Bonchev–Trinajstić information content (AvgIpc) is 3.02. The van der Waals surface area contributed by atoms with Crippen molar-refractivity contribution in [3.8, 4) is 11.1 Å². The highest BCUT2D eigenvalue weighted by Crippen LogP contribution is 2.50. The van der Waals surface area contributed by atoms with E-state index in [2.05, 4.69) is 91.5 Å². The fraction of sp³-hybridized carbons (Fsp3) is 0.107. The molecule has 0 fully saturated rings. The highest BCUT2D eigenvalue weighted by atomic mass is 16.1. The Morgan fingerprint density at radius 2 is 1.17 bits per heavy atom. The van der Waals surface area contributed by atoms with Crippen molar-refractivity contribution in [3.63, 3.8) is 0 Å². The number of rotatable bonds is 4. The Kier molecular flexibility index (Phi) is 4.29. The summed E-state index contributed by atoms with van der Waals surface area (Å²) in [5.41, 5.74) is 8.90. The van der Waals surface area contributed by atoms with E-state index < -0.39 is 0 Å². The van der Waals surface area contributed by atoms with Gasteiger partial charge in [-0.05, 0) is 64.7 Å². The average molecular weight is 389 g/mol. The predicted molar refractivity (Wildman–Crippen MR) is 124 cm³/mol. The van der Waals surface area contributed by atoms with Crippen LogP contribution < -0.4 is 4.90 Å². The molecule has 0 radical (unpaired) electrons. The molecule has 0 bridgehead atoms. The van der Waals surface area contributed by atoms with Gasteiger partial charge in [-0.3, -0.25) is 4.79 Å². The summed E-state index contributed by atoms with van der Waals surface area (Å²) in [6.45, 7) is 4.48. The van der Waals surface area contributed by atoms with Gasteiger partial charge in [0.1, 0.15) is 6.29 Å². The van der Waals surface area contributed by atoms with E-state index in [1.54, 1.807) is 0 Å². The first-order valence-corrected chi connectivity index (χ1v) is 10.2. The van der Waals surface area contributed by atoms with Gasteiger partial charge < -0.3 is 4.90 Å². The molecule has 0 saturated heterocycles. The van der Waals surface area contributed by atoms with Crippen LogP contribution in [0.5, 0.6) is 0 Å². The lowest BCUT2D eigenvalue weighted by Gasteiger charge is -2.28. The molecule has 146 valence electrons. The highest BCUT2D eigenvalue weighted by molar-refractivity contribution is 5.87. The molecule has 0 aliphatic heterocycles. The molecule has 30 heavy (non-hydrogen) atoms. The molecule has 4 aromatic carbocycles. The summed E-state index contributed by atoms with van der Waals surface area (Å²) >= 11 is 0. The Labute approximate surface area is 177 Å². The van der Waals surface area contributed by atoms with Crippen molar-refractivity contribution in [1.29, 1.82) is 0 Å². The van der Waals surface area contributed by atoms with Crippen molar-refractivity contribution < 1.29 is 4.79 Å². The summed E-state index contributed by atoms with van der Waals surface area (Å²) in [5, 5.41) is 0. The van der Waals surface area contributed by atoms with Gasteiger partial charge in [0.25, 0.3) is 0 Å². The monoisotopic (exact) mass is 389 g/mol. The lowest BCUT2D eigenvalue weighted by atomic mass is 9.82. The molecule has 2 heteroatoms. The van der Waals surface area contributed by atoms with Gasteiger partial charge in [0, 0.05) is 28.0 Å². The van der Waals surface area contributed by atoms with E-state index in [1.165, 1.54) is 22.3 Å². The Bertz CT molecular complexity index is 1190. The molecule has 0 heterocycles. The maximum absolute atomic E-state index is 11.3. The van der Waals surface area contributed by atoms with Gasteiger partial charge in [0.2, 0.25) is 0 Å². The molecule has 0 spiro atoms. The van der Waals surface area contributed by atoms with Crippen molar-refractivity contribution in [1.82, 2.24) is 0 Å². The summed E-state index contributed by atoms with van der Waals surface area (Å²) < 4.78 is 0. The van der Waals surface area contributed by atoms with Gasteiger partial charge in [-0.1, -0.05) is 68.4 Å². The maximum atomic E-state index is 11.3. The quantitative estimate of drug-likeness (QED) is 0.342. The molecule has 1 aliphatic carbocycles. The van der Waals surface area contributed by atoms with Crippen LogP contribution in [0.3, 0.4) is 0 Å². The van der Waals surface area contributed by atoms with E-state index in [0.29, 0.717) is 0 Å². The van der Waals surface area contributed by atoms with E-state index in [0.717, 1.165) is 28.9 Å². The molecule has 2 nitrogen and oxygen atoms in total. The number of carbonyl (C=O) groups is 1. The van der Waals surface area contributed by atoms with Gasteiger partial charge in [-0.25, -0.2) is 0 Å². The van der Waals surface area contributed by atoms with E-state index in [1.807, 2.05) is 24.3 Å². The second-order valence-electron chi connectivity index (χ2n) is 8.28. The molecule has 4 aromatic rings. The van der Waals surface area contributed by atoms with Crippen LogP contribution in [0.2, 0.25) is 0 Å². The number of aldehydes is 1. The smallest absolute Gasteiger partial charge is 0.150 e. The molecule has 0 saturated carbocycles. The second-order valence-corrected chi connectivity index (χ2v) is 8.28. The van der Waals surface area contributed by atoms with Gasteiger partial charge >= 0.3 is 0 Å². The molecule has 0 amide bonds. The van der Waals surface area contributed by atoms with Gasteiger partial charge in [-0.15, -0.1) is 0 Å². The van der Waals surface area contributed by atoms with Gasteiger partial charge in [0.05, 0.1) is 0 Å². The van der Waals surface area contributed by atoms with Crippen LogP contribution in [-0.2, 0) is 5.41 Å². The van der Waals surface area contributed by atoms with Crippen molar-refractivity contribution in [2.45, 2.75) is 19.3 Å². The normalized spacial score (nSPS) is 13.4. The molecule has 1 aliphatic rings. The largest absolute Gasteiger partial charge is 0.310 e. The van der Waals surface area contributed by atoms with E-state index >= 15 is 0 Å². The van der Waals surface area contributed by atoms with Crippen LogP contribution in [0.4, 0.5) is 17.1 Å². The number of benzene rings is 4. The molecular formula is C28H23NO. The Hall–Kier alpha value is -3.65. The zero-order valence-electron chi connectivity index (χ0n) is 17.2. The highest BCUT2D eigenvalue weighted by Gasteiger charge is 2.36. The number of nitrogens with zero attached hydrogens (tertiary/aromatic N) is 1. The van der Waals surface area contributed by atoms with Crippen molar-refractivity contribution in [2.75, 3.05) is 4.90 Å². The first-order chi connectivity index (χ1) is 14.6. The van der Waals surface area contributed by atoms with E-state index in [-0.39, 0.29) is 5.41 Å². The van der Waals surface area contributed by atoms with Crippen LogP contribution in [-0.4, -0.2) is 6.29 Å². The summed E-state index contributed by atoms with van der Waals surface area (Å²) in [6, 6.07) is 33.6.